The SMILES string of the molecule is Nc1cc(C2CCCCN2)ccc1Br. The van der Waals surface area contributed by atoms with Crippen molar-refractivity contribution in [1.82, 2.24) is 5.32 Å². The van der Waals surface area contributed by atoms with Crippen LogP contribution >= 0.6 is 15.9 Å². The molecule has 14 heavy (non-hydrogen) atoms. The Hall–Kier alpha value is -0.540. The van der Waals surface area contributed by atoms with Crippen LogP contribution in [0.3, 0.4) is 0 Å². The van der Waals surface area contributed by atoms with E-state index in [9.17, 15) is 0 Å². The van der Waals surface area contributed by atoms with Gasteiger partial charge in [-0.25, -0.2) is 0 Å². The number of rotatable bonds is 1. The molecule has 0 radical (unpaired) electrons. The molecule has 0 bridgehead atoms. The Bertz CT molecular complexity index is 319. The number of nitrogen functional groups attached to an aromatic ring is 1. The summed E-state index contributed by atoms with van der Waals surface area (Å²) >= 11 is 3.41. The topological polar surface area (TPSA) is 38.0 Å². The number of hydrogen-bond acceptors (Lipinski definition) is 2. The van der Waals surface area contributed by atoms with Crippen LogP contribution < -0.4 is 11.1 Å². The average molecular weight is 255 g/mol. The van der Waals surface area contributed by atoms with Gasteiger partial charge in [0.2, 0.25) is 0 Å². The van der Waals surface area contributed by atoms with Crippen LogP contribution in [0.25, 0.3) is 0 Å². The standard InChI is InChI=1S/C11H15BrN2/c12-9-5-4-8(7-10(9)13)11-3-1-2-6-14-11/h4-5,7,11,14H,1-3,6,13H2. The number of hydrogen-bond donors (Lipinski definition) is 2. The van der Waals surface area contributed by atoms with Crippen LogP contribution in [-0.4, -0.2) is 6.54 Å². The van der Waals surface area contributed by atoms with Gasteiger partial charge in [0.05, 0.1) is 0 Å². The molecule has 2 rings (SSSR count). The number of nitrogens with two attached hydrogens (primary N) is 1. The van der Waals surface area contributed by atoms with Gasteiger partial charge in [0.25, 0.3) is 0 Å². The Kier molecular flexibility index (Phi) is 3.08. The monoisotopic (exact) mass is 254 g/mol. The molecule has 76 valence electrons. The maximum Gasteiger partial charge on any atom is 0.0461 e. The van der Waals surface area contributed by atoms with Crippen molar-refractivity contribution in [1.29, 1.82) is 0 Å². The third-order valence-electron chi connectivity index (χ3n) is 2.73. The molecule has 1 aromatic carbocycles. The summed E-state index contributed by atoms with van der Waals surface area (Å²) in [6.07, 6.45) is 3.83. The third kappa shape index (κ3) is 2.10. The number of nitrogens with one attached hydrogen (secondary N) is 1. The predicted octanol–water partition coefficient (Wildman–Crippen LogP) is 2.85. The highest BCUT2D eigenvalue weighted by molar-refractivity contribution is 9.10. The first-order chi connectivity index (χ1) is 6.77. The van der Waals surface area contributed by atoms with Crippen LogP contribution in [0, 0.1) is 0 Å². The van der Waals surface area contributed by atoms with Crippen LogP contribution in [0.5, 0.6) is 0 Å². The van der Waals surface area contributed by atoms with E-state index in [0.29, 0.717) is 6.04 Å². The van der Waals surface area contributed by atoms with Crippen molar-refractivity contribution >= 4 is 21.6 Å². The fourth-order valence-electron chi connectivity index (χ4n) is 1.92. The van der Waals surface area contributed by atoms with E-state index in [-0.39, 0.29) is 0 Å². The smallest absolute Gasteiger partial charge is 0.0461 e. The van der Waals surface area contributed by atoms with Gasteiger partial charge in [0, 0.05) is 16.2 Å². The molecule has 1 saturated heterocycles. The molecule has 1 aliphatic heterocycles. The molecule has 1 unspecified atom stereocenters. The number of piperidine rings is 1. The lowest BCUT2D eigenvalue weighted by Crippen LogP contribution is -2.26. The number of benzene rings is 1. The fourth-order valence-corrected chi connectivity index (χ4v) is 2.16. The lowest BCUT2D eigenvalue weighted by molar-refractivity contribution is 0.412. The zero-order valence-corrected chi connectivity index (χ0v) is 9.68. The Labute approximate surface area is 93.0 Å². The highest BCUT2D eigenvalue weighted by Crippen LogP contribution is 2.27. The summed E-state index contributed by atoms with van der Waals surface area (Å²) in [6, 6.07) is 6.73. The molecule has 1 heterocycles. The van der Waals surface area contributed by atoms with Gasteiger partial charge in [-0.15, -0.1) is 0 Å². The molecule has 1 fully saturated rings. The molecule has 0 spiro atoms. The van der Waals surface area contributed by atoms with E-state index in [1.165, 1.54) is 24.8 Å². The quantitative estimate of drug-likeness (QED) is 0.757. The fraction of sp³-hybridized carbons (Fsp3) is 0.455. The molecule has 3 N–H and O–H groups in total. The highest BCUT2D eigenvalue weighted by Gasteiger charge is 2.14. The zero-order valence-electron chi connectivity index (χ0n) is 8.09. The molecule has 0 aliphatic carbocycles. The Morgan fingerprint density at radius 1 is 1.36 bits per heavy atom. The maximum atomic E-state index is 5.85. The summed E-state index contributed by atoms with van der Waals surface area (Å²) in [5, 5.41) is 3.51. The molecule has 2 nitrogen and oxygen atoms in total. The summed E-state index contributed by atoms with van der Waals surface area (Å²) in [4.78, 5) is 0. The van der Waals surface area contributed by atoms with Crippen LogP contribution in [0.1, 0.15) is 30.9 Å². The minimum Gasteiger partial charge on any atom is -0.398 e. The molecule has 3 heteroatoms. The van der Waals surface area contributed by atoms with Crippen molar-refractivity contribution in [2.75, 3.05) is 12.3 Å². The summed E-state index contributed by atoms with van der Waals surface area (Å²) in [6.45, 7) is 1.13. The van der Waals surface area contributed by atoms with Gasteiger partial charge < -0.3 is 11.1 Å². The first kappa shape index (κ1) is 9.99. The molecular formula is C11H15BrN2. The largest absolute Gasteiger partial charge is 0.398 e. The summed E-state index contributed by atoms with van der Waals surface area (Å²) in [7, 11) is 0. The van der Waals surface area contributed by atoms with Crippen molar-refractivity contribution in [3.63, 3.8) is 0 Å². The van der Waals surface area contributed by atoms with Crippen molar-refractivity contribution in [3.8, 4) is 0 Å². The van der Waals surface area contributed by atoms with E-state index in [1.807, 2.05) is 6.07 Å². The first-order valence-corrected chi connectivity index (χ1v) is 5.85. The van der Waals surface area contributed by atoms with Gasteiger partial charge in [0.1, 0.15) is 0 Å². The second-order valence-corrected chi connectivity index (χ2v) is 4.64. The number of anilines is 1. The average Bonchev–Trinajstić information content (AvgIpc) is 2.23. The molecular weight excluding hydrogens is 240 g/mol. The second-order valence-electron chi connectivity index (χ2n) is 3.78. The van der Waals surface area contributed by atoms with Crippen molar-refractivity contribution in [3.05, 3.63) is 28.2 Å². The molecule has 0 aromatic heterocycles. The van der Waals surface area contributed by atoms with Gasteiger partial charge >= 0.3 is 0 Å². The second kappa shape index (κ2) is 4.32. The summed E-state index contributed by atoms with van der Waals surface area (Å²) < 4.78 is 0.983. The lowest BCUT2D eigenvalue weighted by atomic mass is 9.97. The van der Waals surface area contributed by atoms with Crippen molar-refractivity contribution in [2.24, 2.45) is 0 Å². The van der Waals surface area contributed by atoms with E-state index in [1.54, 1.807) is 0 Å². The van der Waals surface area contributed by atoms with E-state index < -0.39 is 0 Å². The molecule has 1 aromatic rings. The van der Waals surface area contributed by atoms with Crippen LogP contribution in [0.2, 0.25) is 0 Å². The normalized spacial score (nSPS) is 22.2. The first-order valence-electron chi connectivity index (χ1n) is 5.05. The third-order valence-corrected chi connectivity index (χ3v) is 3.45. The predicted molar refractivity (Wildman–Crippen MR) is 63.1 cm³/mol. The minimum absolute atomic E-state index is 0.499. The van der Waals surface area contributed by atoms with Gasteiger partial charge in [-0.2, -0.15) is 0 Å². The molecule has 0 amide bonds. The van der Waals surface area contributed by atoms with E-state index in [0.717, 1.165) is 16.7 Å². The minimum atomic E-state index is 0.499. The van der Waals surface area contributed by atoms with Gasteiger partial charge in [-0.05, 0) is 53.0 Å². The van der Waals surface area contributed by atoms with Gasteiger partial charge in [-0.3, -0.25) is 0 Å². The van der Waals surface area contributed by atoms with Crippen LogP contribution in [0.4, 0.5) is 5.69 Å². The maximum absolute atomic E-state index is 5.85. The Morgan fingerprint density at radius 2 is 2.21 bits per heavy atom. The zero-order chi connectivity index (χ0) is 9.97. The molecule has 1 aliphatic rings. The lowest BCUT2D eigenvalue weighted by Gasteiger charge is -2.24. The Morgan fingerprint density at radius 3 is 2.86 bits per heavy atom. The summed E-state index contributed by atoms with van der Waals surface area (Å²) in [5.41, 5.74) is 7.99. The van der Waals surface area contributed by atoms with Crippen LogP contribution in [0.15, 0.2) is 22.7 Å². The van der Waals surface area contributed by atoms with Gasteiger partial charge in [0.15, 0.2) is 0 Å². The van der Waals surface area contributed by atoms with E-state index in [4.69, 9.17) is 5.73 Å². The Balaban J connectivity index is 2.18. The van der Waals surface area contributed by atoms with E-state index >= 15 is 0 Å². The van der Waals surface area contributed by atoms with Crippen LogP contribution in [-0.2, 0) is 0 Å². The highest BCUT2D eigenvalue weighted by atomic mass is 79.9. The number of halogens is 1. The van der Waals surface area contributed by atoms with Gasteiger partial charge in [-0.1, -0.05) is 12.5 Å². The van der Waals surface area contributed by atoms with Crippen molar-refractivity contribution < 1.29 is 0 Å². The molecule has 1 atom stereocenters. The molecule has 0 saturated carbocycles. The van der Waals surface area contributed by atoms with Crippen molar-refractivity contribution in [2.45, 2.75) is 25.3 Å². The van der Waals surface area contributed by atoms with E-state index in [2.05, 4.69) is 33.4 Å². The summed E-state index contributed by atoms with van der Waals surface area (Å²) in [5.74, 6) is 0.